The van der Waals surface area contributed by atoms with Gasteiger partial charge >= 0.3 is 36.4 Å². The van der Waals surface area contributed by atoms with E-state index in [1.807, 2.05) is 20.8 Å². The lowest BCUT2D eigenvalue weighted by molar-refractivity contribution is -0.198. The summed E-state index contributed by atoms with van der Waals surface area (Å²) >= 11 is 0. The van der Waals surface area contributed by atoms with Crippen molar-refractivity contribution in [1.82, 2.24) is 21.3 Å². The highest BCUT2D eigenvalue weighted by atomic mass is 32.3. The molecule has 27 heteroatoms. The molecular formula is C72H139N6O17P2S2+. The lowest BCUT2D eigenvalue weighted by Gasteiger charge is -2.66. The number of nitrogens with two attached hydrogens (primary N) is 2. The van der Waals surface area contributed by atoms with Gasteiger partial charge in [0.15, 0.2) is 0 Å². The minimum Gasteiger partial charge on any atom is -0.393 e. The van der Waals surface area contributed by atoms with Gasteiger partial charge in [-0.05, 0) is 296 Å². The van der Waals surface area contributed by atoms with Gasteiger partial charge in [-0.3, -0.25) is 32.6 Å². The van der Waals surface area contributed by atoms with Crippen LogP contribution in [0, 0.1) is 122 Å². The Bertz CT molecular complexity index is 2820. The third-order valence-corrected chi connectivity index (χ3v) is 32.8. The molecule has 8 saturated carbocycles. The van der Waals surface area contributed by atoms with Crippen molar-refractivity contribution in [2.75, 3.05) is 74.3 Å². The quantitative estimate of drug-likeness (QED) is 0.0119. The Balaban J connectivity index is 0.000000957. The summed E-state index contributed by atoms with van der Waals surface area (Å²) in [4.78, 5) is 0. The van der Waals surface area contributed by atoms with E-state index < -0.39 is 60.7 Å². The highest BCUT2D eigenvalue weighted by Crippen LogP contribution is 2.72. The predicted molar refractivity (Wildman–Crippen MR) is 389 cm³/mol. The van der Waals surface area contributed by atoms with Crippen LogP contribution < -0.4 is 32.4 Å². The number of fused-ring (bicyclic) bond motifs is 10. The van der Waals surface area contributed by atoms with E-state index >= 15 is 0 Å². The zero-order valence-corrected chi connectivity index (χ0v) is 66.7. The minimum atomic E-state index is -4.89. The van der Waals surface area contributed by atoms with Gasteiger partial charge in [0.25, 0.3) is 0 Å². The first kappa shape index (κ1) is 85.6. The third kappa shape index (κ3) is 20.6. The maximum Gasteiger partial charge on any atom is 0.483 e. The molecule has 23 nitrogen and oxygen atoms in total. The molecule has 8 rings (SSSR count). The molecule has 0 radical (unpaired) electrons. The predicted octanol–water partition coefficient (Wildman–Crippen LogP) is 11.1. The zero-order valence-electron chi connectivity index (χ0n) is 63.3. The molecule has 0 heterocycles. The van der Waals surface area contributed by atoms with Crippen molar-refractivity contribution >= 4 is 42.7 Å². The van der Waals surface area contributed by atoms with Crippen LogP contribution in [0.3, 0.4) is 0 Å². The lowest BCUT2D eigenvalue weighted by atomic mass is 9.40. The van der Waals surface area contributed by atoms with Crippen molar-refractivity contribution in [2.24, 2.45) is 128 Å². The fraction of sp³-hybridized carbons (Fsp3) is 0.986. The molecule has 0 aliphatic heterocycles. The molecule has 12 N–H and O–H groups in total. The summed E-state index contributed by atoms with van der Waals surface area (Å²) in [6, 6.07) is 0.900. The first-order chi connectivity index (χ1) is 46.4. The molecule has 0 aromatic carbocycles. The topological polar surface area (TPSA) is 348 Å². The molecule has 0 aromatic heterocycles. The van der Waals surface area contributed by atoms with Crippen molar-refractivity contribution < 1.29 is 81.5 Å². The van der Waals surface area contributed by atoms with Crippen LogP contribution in [0.5, 0.6) is 0 Å². The molecule has 14 unspecified atom stereocenters. The number of aliphatic hydroxyl groups excluding tert-OH is 2. The first-order valence-corrected chi connectivity index (χ1v) is 44.0. The van der Waals surface area contributed by atoms with Gasteiger partial charge < -0.3 is 37.2 Å². The highest BCUT2D eigenvalue weighted by Gasteiger charge is 2.67. The highest BCUT2D eigenvalue weighted by molar-refractivity contribution is 7.81. The van der Waals surface area contributed by atoms with Gasteiger partial charge in [-0.1, -0.05) is 76.2 Å². The van der Waals surface area contributed by atoms with Gasteiger partial charge in [0.2, 0.25) is 0 Å². The largest absolute Gasteiger partial charge is 0.483 e. The fourth-order valence-corrected chi connectivity index (χ4v) is 26.7. The van der Waals surface area contributed by atoms with Crippen molar-refractivity contribution in [3.05, 3.63) is 0 Å². The Morgan fingerprint density at radius 1 is 0.586 bits per heavy atom. The maximum atomic E-state index is 13.1. The van der Waals surface area contributed by atoms with Gasteiger partial charge in [0.1, 0.15) is 6.21 Å². The van der Waals surface area contributed by atoms with Crippen LogP contribution in [0.2, 0.25) is 0 Å². The fourth-order valence-electron chi connectivity index (χ4n) is 23.1. The van der Waals surface area contributed by atoms with E-state index in [9.17, 15) is 45.3 Å². The van der Waals surface area contributed by atoms with E-state index in [0.29, 0.717) is 78.2 Å². The minimum absolute atomic E-state index is 0.00617. The Labute approximate surface area is 598 Å². The Kier molecular flexibility index (Phi) is 31.6. The van der Waals surface area contributed by atoms with E-state index in [0.717, 1.165) is 183 Å². The normalized spacial score (nSPS) is 38.1. The van der Waals surface area contributed by atoms with Crippen LogP contribution in [-0.4, -0.2) is 153 Å². The van der Waals surface area contributed by atoms with E-state index in [4.69, 9.17) is 19.5 Å². The zero-order chi connectivity index (χ0) is 73.3. The summed E-state index contributed by atoms with van der Waals surface area (Å²) in [6.07, 6.45) is 20.5. The number of hydrogen-bond acceptors (Lipinski definition) is 20. The second-order valence-corrected chi connectivity index (χ2v) is 40.0. The molecule has 8 aliphatic rings. The summed E-state index contributed by atoms with van der Waals surface area (Å²) < 4.78 is 128. The van der Waals surface area contributed by atoms with Crippen LogP contribution in [0.4, 0.5) is 0 Å². The number of phosphoric ester groups is 2. The van der Waals surface area contributed by atoms with Crippen LogP contribution in [-0.2, 0) is 60.7 Å². The summed E-state index contributed by atoms with van der Waals surface area (Å²) in [6.45, 7) is 32.0. The molecule has 580 valence electrons. The smallest absolute Gasteiger partial charge is 0.393 e. The number of nitrogens with one attached hydrogen (secondary N) is 4. The first-order valence-electron chi connectivity index (χ1n) is 38.4. The third-order valence-electron chi connectivity index (χ3n) is 28.5. The second-order valence-electron chi connectivity index (χ2n) is 34.0. The van der Waals surface area contributed by atoms with Crippen molar-refractivity contribution in [1.29, 1.82) is 0 Å². The average Bonchev–Trinajstić information content (AvgIpc) is 1.68. The lowest BCUT2D eigenvalue weighted by Crippen LogP contribution is -2.63. The number of phosphoric acid groups is 2. The molecule has 0 spiro atoms. The maximum absolute atomic E-state index is 13.1. The van der Waals surface area contributed by atoms with Crippen LogP contribution in [0.25, 0.3) is 0 Å². The van der Waals surface area contributed by atoms with Crippen LogP contribution >= 0.6 is 15.6 Å². The standard InChI is InChI=1S/C68H126N6O10S2.C4H12O7P2/c1-42(2)60(84-86(80,81)82)37-54(46(6)51-19-21-53-62(51)45(5)36-56-64(53)58(76)41-66(9)39-49(24-26-68(56,66)11)74-34-16-32-72-30-14-28-70)47(7)59(83-85(77,78)79)22-17-43(3)50-18-20-52-61(50)44(4)35-55-63(52)57(75)40-65(8)38-48(23-25-67(55,65)10)73-33-15-31-71-29-13-12-27-69;1-7-12(5,8-2)11-13(6,9-3)10-4/h28,42-64,70-76H,12-27,29-41,69H2,1-11H3,(H,77,78,79)(H,80,81,82);1-4H3/p+1/t43-,44+,45+,46+,47?,48-,49-,50?,51?,52?,53?,54?,55?,56?,57+,58+,59?,60?,61?,62?,63?,64?,65+,66+,67+,68+;/m0./s1. The van der Waals surface area contributed by atoms with Crippen LogP contribution in [0.1, 0.15) is 217 Å². The molecule has 26 atom stereocenters. The summed E-state index contributed by atoms with van der Waals surface area (Å²) in [7, 11) is -13.1. The second kappa shape index (κ2) is 36.5. The van der Waals surface area contributed by atoms with E-state index in [1.54, 1.807) is 6.21 Å². The Morgan fingerprint density at radius 2 is 1.03 bits per heavy atom. The molecular weight excluding hydrogens is 1350 g/mol. The average molecular weight is 1490 g/mol. The van der Waals surface area contributed by atoms with E-state index in [2.05, 4.69) is 99.1 Å². The molecule has 99 heavy (non-hydrogen) atoms. The monoisotopic (exact) mass is 1490 g/mol. The Morgan fingerprint density at radius 3 is 1.47 bits per heavy atom. The van der Waals surface area contributed by atoms with Crippen LogP contribution in [0.15, 0.2) is 0 Å². The SMILES string of the molecule is CC(C)C(CC(C(C)C(CC[C@H](C)C1CCC2C1[C@H](C)CC1C2[C@H](O)C[C@@]2(C)C[C@@H](NCCCNCCCCN)CC[C@]12C)OS(=O)(=O)O)[C@H](C)C1CCC2C1[C@H](C)CC1C2[C@H](O)C[C@@]2(C)C[C@@H](NCCCNCCC=[NH2+])CC[C@]12C)OS(=O)(=O)O.COP(=O)(OC)OP(=O)(OC)OC. The molecule has 0 bridgehead atoms. The summed E-state index contributed by atoms with van der Waals surface area (Å²) in [5.74, 6) is 3.53. The van der Waals surface area contributed by atoms with Gasteiger partial charge in [-0.25, -0.2) is 17.5 Å². The Hall–Kier alpha value is -0.610. The summed E-state index contributed by atoms with van der Waals surface area (Å²) in [5.41, 5.74) is 5.99. The van der Waals surface area contributed by atoms with Crippen molar-refractivity contribution in [2.45, 2.75) is 254 Å². The molecule has 0 saturated heterocycles. The van der Waals surface area contributed by atoms with Gasteiger partial charge in [-0.2, -0.15) is 21.1 Å². The number of aliphatic hydroxyl groups is 2. The molecule has 0 amide bonds. The number of unbranched alkanes of at least 4 members (excludes halogenated alkanes) is 1. The number of hydrogen-bond donors (Lipinski definition) is 10. The van der Waals surface area contributed by atoms with E-state index in [-0.39, 0.29) is 75.6 Å². The van der Waals surface area contributed by atoms with Crippen molar-refractivity contribution in [3.63, 3.8) is 0 Å². The number of rotatable bonds is 38. The van der Waals surface area contributed by atoms with Crippen molar-refractivity contribution in [3.8, 4) is 0 Å². The van der Waals surface area contributed by atoms with Gasteiger partial charge in [-0.15, -0.1) is 0 Å². The summed E-state index contributed by atoms with van der Waals surface area (Å²) in [5, 5.41) is 45.4. The van der Waals surface area contributed by atoms with E-state index in [1.165, 1.54) is 12.8 Å². The van der Waals surface area contributed by atoms with Gasteiger partial charge in [0, 0.05) is 53.5 Å². The molecule has 8 fully saturated rings. The molecule has 8 aliphatic carbocycles. The molecule has 0 aromatic rings. The van der Waals surface area contributed by atoms with Gasteiger partial charge in [0.05, 0.1) is 24.4 Å².